The van der Waals surface area contributed by atoms with Crippen molar-refractivity contribution in [3.05, 3.63) is 29.7 Å². The number of hydrogen-bond acceptors (Lipinski definition) is 1. The van der Waals surface area contributed by atoms with Gasteiger partial charge in [0.05, 0.1) is 16.6 Å². The first-order chi connectivity index (χ1) is 7.52. The maximum atomic E-state index is 13.8. The average molecular weight is 220 g/mol. The van der Waals surface area contributed by atoms with E-state index in [0.717, 1.165) is 11.2 Å². The highest BCUT2D eigenvalue weighted by Crippen LogP contribution is 2.28. The molecule has 0 saturated heterocycles. The number of hydrogen-bond donors (Lipinski definition) is 0. The number of aromatic nitrogens is 2. The Hall–Kier alpha value is -1.38. The highest BCUT2D eigenvalue weighted by Gasteiger charge is 2.17. The van der Waals surface area contributed by atoms with Crippen LogP contribution in [-0.4, -0.2) is 9.78 Å². The number of fused-ring (bicyclic) bond motifs is 1. The van der Waals surface area contributed by atoms with Crippen LogP contribution in [0.2, 0.25) is 0 Å². The van der Waals surface area contributed by atoms with Gasteiger partial charge in [0, 0.05) is 6.04 Å². The van der Waals surface area contributed by atoms with Crippen LogP contribution in [0.15, 0.2) is 18.2 Å². The van der Waals surface area contributed by atoms with Gasteiger partial charge in [-0.05, 0) is 31.9 Å². The molecule has 0 N–H and O–H groups in total. The Morgan fingerprint density at radius 3 is 2.44 bits per heavy atom. The zero-order chi connectivity index (χ0) is 11.9. The molecule has 3 heteroatoms. The Morgan fingerprint density at radius 1 is 1.19 bits per heavy atom. The van der Waals surface area contributed by atoms with Crippen molar-refractivity contribution in [3.63, 3.8) is 0 Å². The predicted molar refractivity (Wildman–Crippen MR) is 64.2 cm³/mol. The third-order valence-electron chi connectivity index (χ3n) is 2.75. The predicted octanol–water partition coefficient (Wildman–Crippen LogP) is 3.88. The molecular formula is C13H17FN2. The van der Waals surface area contributed by atoms with Crippen molar-refractivity contribution in [2.24, 2.45) is 0 Å². The zero-order valence-electron chi connectivity index (χ0n) is 10.2. The normalized spacial score (nSPS) is 11.9. The summed E-state index contributed by atoms with van der Waals surface area (Å²) in [5.74, 6) is 0.0625. The van der Waals surface area contributed by atoms with Gasteiger partial charge in [-0.2, -0.15) is 5.10 Å². The second-order valence-corrected chi connectivity index (χ2v) is 4.71. The van der Waals surface area contributed by atoms with Crippen LogP contribution >= 0.6 is 0 Å². The van der Waals surface area contributed by atoms with Crippen molar-refractivity contribution >= 4 is 10.9 Å². The van der Waals surface area contributed by atoms with Gasteiger partial charge in [-0.15, -0.1) is 0 Å². The molecule has 0 saturated carbocycles. The van der Waals surface area contributed by atoms with Crippen LogP contribution in [0.25, 0.3) is 10.9 Å². The van der Waals surface area contributed by atoms with Gasteiger partial charge in [0.1, 0.15) is 5.82 Å². The number of benzene rings is 1. The van der Waals surface area contributed by atoms with E-state index in [0.29, 0.717) is 5.39 Å². The second kappa shape index (κ2) is 3.89. The van der Waals surface area contributed by atoms with Gasteiger partial charge in [-0.3, -0.25) is 4.68 Å². The first-order valence-corrected chi connectivity index (χ1v) is 5.69. The first-order valence-electron chi connectivity index (χ1n) is 5.69. The van der Waals surface area contributed by atoms with E-state index < -0.39 is 0 Å². The fourth-order valence-electron chi connectivity index (χ4n) is 1.97. The summed E-state index contributed by atoms with van der Waals surface area (Å²) in [5.41, 5.74) is 1.74. The molecule has 0 amide bonds. The Kier molecular flexibility index (Phi) is 2.70. The highest BCUT2D eigenvalue weighted by atomic mass is 19.1. The van der Waals surface area contributed by atoms with Gasteiger partial charge in [0.2, 0.25) is 0 Å². The van der Waals surface area contributed by atoms with E-state index in [-0.39, 0.29) is 17.8 Å². The lowest BCUT2D eigenvalue weighted by Gasteiger charge is -2.06. The van der Waals surface area contributed by atoms with Crippen molar-refractivity contribution in [3.8, 4) is 0 Å². The van der Waals surface area contributed by atoms with Crippen LogP contribution in [0, 0.1) is 5.82 Å². The lowest BCUT2D eigenvalue weighted by Crippen LogP contribution is -2.03. The molecule has 0 aliphatic heterocycles. The second-order valence-electron chi connectivity index (χ2n) is 4.71. The van der Waals surface area contributed by atoms with E-state index in [4.69, 9.17) is 0 Å². The summed E-state index contributed by atoms with van der Waals surface area (Å²) in [6.45, 7) is 8.20. The Morgan fingerprint density at radius 2 is 1.88 bits per heavy atom. The molecule has 2 aromatic rings. The minimum absolute atomic E-state index is 0.173. The van der Waals surface area contributed by atoms with E-state index in [1.807, 2.05) is 24.6 Å². The molecule has 0 unspecified atom stereocenters. The molecule has 86 valence electrons. The minimum atomic E-state index is -0.173. The van der Waals surface area contributed by atoms with Crippen molar-refractivity contribution in [1.82, 2.24) is 9.78 Å². The van der Waals surface area contributed by atoms with Crippen LogP contribution < -0.4 is 0 Å². The quantitative estimate of drug-likeness (QED) is 0.751. The van der Waals surface area contributed by atoms with Crippen LogP contribution in [0.1, 0.15) is 45.3 Å². The topological polar surface area (TPSA) is 17.8 Å². The first kappa shape index (κ1) is 11.1. The SMILES string of the molecule is CC(C)c1nn(C(C)C)c2cccc(F)c12. The molecule has 16 heavy (non-hydrogen) atoms. The Labute approximate surface area is 95.1 Å². The van der Waals surface area contributed by atoms with Crippen molar-refractivity contribution in [2.45, 2.75) is 39.7 Å². The molecule has 0 atom stereocenters. The van der Waals surface area contributed by atoms with Crippen molar-refractivity contribution < 1.29 is 4.39 Å². The molecule has 0 aliphatic rings. The van der Waals surface area contributed by atoms with E-state index in [2.05, 4.69) is 18.9 Å². The molecule has 2 nitrogen and oxygen atoms in total. The molecule has 1 aromatic carbocycles. The molecule has 0 bridgehead atoms. The molecule has 0 radical (unpaired) electrons. The summed E-state index contributed by atoms with van der Waals surface area (Å²) < 4.78 is 15.7. The third kappa shape index (κ3) is 1.60. The van der Waals surface area contributed by atoms with Crippen LogP contribution in [0.3, 0.4) is 0 Å². The van der Waals surface area contributed by atoms with Crippen LogP contribution in [0.5, 0.6) is 0 Å². The van der Waals surface area contributed by atoms with Gasteiger partial charge in [0.15, 0.2) is 0 Å². The smallest absolute Gasteiger partial charge is 0.134 e. The number of halogens is 1. The molecular weight excluding hydrogens is 203 g/mol. The van der Waals surface area contributed by atoms with Crippen molar-refractivity contribution in [2.75, 3.05) is 0 Å². The molecule has 0 spiro atoms. The van der Waals surface area contributed by atoms with Gasteiger partial charge < -0.3 is 0 Å². The lowest BCUT2D eigenvalue weighted by molar-refractivity contribution is 0.539. The third-order valence-corrected chi connectivity index (χ3v) is 2.75. The summed E-state index contributed by atoms with van der Waals surface area (Å²) in [5, 5.41) is 5.20. The summed E-state index contributed by atoms with van der Waals surface area (Å²) in [4.78, 5) is 0. The van der Waals surface area contributed by atoms with E-state index >= 15 is 0 Å². The minimum Gasteiger partial charge on any atom is -0.262 e. The monoisotopic (exact) mass is 220 g/mol. The van der Waals surface area contributed by atoms with Gasteiger partial charge in [-0.1, -0.05) is 19.9 Å². The number of nitrogens with zero attached hydrogens (tertiary/aromatic N) is 2. The Balaban J connectivity index is 2.82. The summed E-state index contributed by atoms with van der Waals surface area (Å²) in [7, 11) is 0. The van der Waals surface area contributed by atoms with E-state index in [1.165, 1.54) is 6.07 Å². The van der Waals surface area contributed by atoms with Gasteiger partial charge in [0.25, 0.3) is 0 Å². The van der Waals surface area contributed by atoms with Crippen molar-refractivity contribution in [1.29, 1.82) is 0 Å². The molecule has 1 aromatic heterocycles. The van der Waals surface area contributed by atoms with E-state index in [9.17, 15) is 4.39 Å². The molecule has 2 rings (SSSR count). The van der Waals surface area contributed by atoms with Crippen LogP contribution in [0.4, 0.5) is 4.39 Å². The molecule has 0 aliphatic carbocycles. The standard InChI is InChI=1S/C13H17FN2/c1-8(2)13-12-10(14)6-5-7-11(12)16(15-13)9(3)4/h5-9H,1-4H3. The number of rotatable bonds is 2. The van der Waals surface area contributed by atoms with Gasteiger partial charge in [-0.25, -0.2) is 4.39 Å². The van der Waals surface area contributed by atoms with Crippen LogP contribution in [-0.2, 0) is 0 Å². The maximum Gasteiger partial charge on any atom is 0.134 e. The fraction of sp³-hybridized carbons (Fsp3) is 0.462. The molecule has 1 heterocycles. The highest BCUT2D eigenvalue weighted by molar-refractivity contribution is 5.83. The fourth-order valence-corrected chi connectivity index (χ4v) is 1.97. The summed E-state index contributed by atoms with van der Waals surface area (Å²) in [6, 6.07) is 5.41. The van der Waals surface area contributed by atoms with Gasteiger partial charge >= 0.3 is 0 Å². The Bertz CT molecular complexity index is 512. The largest absolute Gasteiger partial charge is 0.262 e. The summed E-state index contributed by atoms with van der Waals surface area (Å²) >= 11 is 0. The average Bonchev–Trinajstić information content (AvgIpc) is 2.58. The molecule has 0 fully saturated rings. The zero-order valence-corrected chi connectivity index (χ0v) is 10.2. The summed E-state index contributed by atoms with van der Waals surface area (Å²) in [6.07, 6.45) is 0. The van der Waals surface area contributed by atoms with E-state index in [1.54, 1.807) is 6.07 Å². The maximum absolute atomic E-state index is 13.8. The lowest BCUT2D eigenvalue weighted by atomic mass is 10.1.